The van der Waals surface area contributed by atoms with E-state index in [-0.39, 0.29) is 6.42 Å². The zero-order valence-electron chi connectivity index (χ0n) is 9.10. The monoisotopic (exact) mass is 308 g/mol. The van der Waals surface area contributed by atoms with Gasteiger partial charge in [0.2, 0.25) is 9.84 Å². The number of rotatable bonds is 7. The second-order valence-corrected chi connectivity index (χ2v) is 7.06. The number of hydrogen-bond donors (Lipinski definition) is 0. The molecular formula is C8H11F3O5S2. The fraction of sp³-hybridized carbons (Fsp3) is 0.750. The fourth-order valence-corrected chi connectivity index (χ4v) is 2.61. The van der Waals surface area contributed by atoms with Crippen LogP contribution >= 0.6 is 0 Å². The van der Waals surface area contributed by atoms with Crippen molar-refractivity contribution in [3.63, 3.8) is 0 Å². The van der Waals surface area contributed by atoms with E-state index in [1.54, 1.807) is 0 Å². The maximum absolute atomic E-state index is 11.9. The smallest absolute Gasteiger partial charge is 0.257 e. The lowest BCUT2D eigenvalue weighted by atomic mass is 10.4. The Bertz CT molecular complexity index is 498. The highest BCUT2D eigenvalue weighted by Crippen LogP contribution is 2.24. The van der Waals surface area contributed by atoms with Gasteiger partial charge in [-0.25, -0.2) is 8.42 Å². The van der Waals surface area contributed by atoms with Gasteiger partial charge in [0, 0.05) is 0 Å². The molecule has 0 spiro atoms. The van der Waals surface area contributed by atoms with Crippen LogP contribution in [0.5, 0.6) is 0 Å². The summed E-state index contributed by atoms with van der Waals surface area (Å²) in [4.78, 5) is 0. The Morgan fingerprint density at radius 3 is 2.00 bits per heavy atom. The normalized spacial score (nSPS) is 13.2. The van der Waals surface area contributed by atoms with Crippen molar-refractivity contribution in [2.24, 2.45) is 0 Å². The summed E-state index contributed by atoms with van der Waals surface area (Å²) in [5, 5.41) is 0. The SMILES string of the molecule is C#CCOS(=O)(=O)CCCCS(=O)(=O)C(F)(F)F. The number of terminal acetylenes is 1. The summed E-state index contributed by atoms with van der Waals surface area (Å²) in [6.07, 6.45) is 4.06. The molecule has 0 atom stereocenters. The standard InChI is InChI=1S/C8H11F3O5S2/c1-2-5-16-18(14,15)7-4-3-6-17(12,13)8(9,10)11/h1H,3-7H2. The van der Waals surface area contributed by atoms with Crippen LogP contribution in [-0.2, 0) is 24.1 Å². The van der Waals surface area contributed by atoms with Crippen LogP contribution in [0.25, 0.3) is 0 Å². The van der Waals surface area contributed by atoms with E-state index in [0.717, 1.165) is 0 Å². The van der Waals surface area contributed by atoms with Crippen LogP contribution < -0.4 is 0 Å². The Hall–Kier alpha value is -0.790. The molecule has 0 aliphatic rings. The van der Waals surface area contributed by atoms with Gasteiger partial charge >= 0.3 is 5.51 Å². The third-order valence-corrected chi connectivity index (χ3v) is 4.53. The molecule has 0 fully saturated rings. The minimum Gasteiger partial charge on any atom is -0.257 e. The van der Waals surface area contributed by atoms with Crippen molar-refractivity contribution in [2.45, 2.75) is 18.3 Å². The molecule has 0 N–H and O–H groups in total. The van der Waals surface area contributed by atoms with Gasteiger partial charge in [0.1, 0.15) is 6.61 Å². The minimum atomic E-state index is -5.31. The lowest BCUT2D eigenvalue weighted by molar-refractivity contribution is -0.0435. The molecule has 0 aromatic rings. The van der Waals surface area contributed by atoms with Gasteiger partial charge in [-0.15, -0.1) is 6.42 Å². The molecule has 0 bridgehead atoms. The van der Waals surface area contributed by atoms with Crippen molar-refractivity contribution in [1.82, 2.24) is 0 Å². The molecule has 0 saturated heterocycles. The second kappa shape index (κ2) is 6.40. The third-order valence-electron chi connectivity index (χ3n) is 1.73. The molecule has 0 aromatic carbocycles. The molecule has 0 radical (unpaired) electrons. The predicted molar refractivity (Wildman–Crippen MR) is 57.6 cm³/mol. The highest BCUT2D eigenvalue weighted by atomic mass is 32.2. The summed E-state index contributed by atoms with van der Waals surface area (Å²) >= 11 is 0. The van der Waals surface area contributed by atoms with E-state index in [2.05, 4.69) is 4.18 Å². The van der Waals surface area contributed by atoms with Gasteiger partial charge in [0.15, 0.2) is 0 Å². The Balaban J connectivity index is 4.14. The van der Waals surface area contributed by atoms with Gasteiger partial charge in [-0.05, 0) is 12.8 Å². The zero-order chi connectivity index (χ0) is 14.4. The maximum atomic E-state index is 11.9. The van der Waals surface area contributed by atoms with Crippen molar-refractivity contribution in [3.8, 4) is 12.3 Å². The highest BCUT2D eigenvalue weighted by Gasteiger charge is 2.44. The van der Waals surface area contributed by atoms with E-state index in [0.29, 0.717) is 0 Å². The van der Waals surface area contributed by atoms with Crippen LogP contribution in [0.15, 0.2) is 0 Å². The Morgan fingerprint density at radius 1 is 1.06 bits per heavy atom. The summed E-state index contributed by atoms with van der Waals surface area (Å²) in [6.45, 7) is -0.469. The summed E-state index contributed by atoms with van der Waals surface area (Å²) < 4.78 is 83.2. The van der Waals surface area contributed by atoms with Gasteiger partial charge in [0.25, 0.3) is 10.1 Å². The first kappa shape index (κ1) is 17.2. The molecule has 106 valence electrons. The molecule has 0 aromatic heterocycles. The molecule has 18 heavy (non-hydrogen) atoms. The van der Waals surface area contributed by atoms with Crippen molar-refractivity contribution in [2.75, 3.05) is 18.1 Å². The van der Waals surface area contributed by atoms with E-state index in [1.807, 2.05) is 5.92 Å². The largest absolute Gasteiger partial charge is 0.497 e. The topological polar surface area (TPSA) is 77.5 Å². The maximum Gasteiger partial charge on any atom is 0.497 e. The Kier molecular flexibility index (Phi) is 6.12. The van der Waals surface area contributed by atoms with Crippen LogP contribution in [0, 0.1) is 12.3 Å². The Morgan fingerprint density at radius 2 is 1.56 bits per heavy atom. The molecule has 5 nitrogen and oxygen atoms in total. The molecular weight excluding hydrogens is 297 g/mol. The highest BCUT2D eigenvalue weighted by molar-refractivity contribution is 7.92. The lowest BCUT2D eigenvalue weighted by Crippen LogP contribution is -2.26. The number of unbranched alkanes of at least 4 members (excludes halogenated alkanes) is 1. The first-order valence-electron chi connectivity index (χ1n) is 4.61. The van der Waals surface area contributed by atoms with Crippen LogP contribution in [0.4, 0.5) is 13.2 Å². The minimum absolute atomic E-state index is 0.262. The van der Waals surface area contributed by atoms with Crippen molar-refractivity contribution < 1.29 is 34.2 Å². The van der Waals surface area contributed by atoms with Gasteiger partial charge in [-0.3, -0.25) is 4.18 Å². The first-order chi connectivity index (χ1) is 8.02. The van der Waals surface area contributed by atoms with E-state index in [4.69, 9.17) is 6.42 Å². The van der Waals surface area contributed by atoms with Crippen molar-refractivity contribution >= 4 is 20.0 Å². The molecule has 10 heteroatoms. The van der Waals surface area contributed by atoms with Crippen molar-refractivity contribution in [1.29, 1.82) is 0 Å². The van der Waals surface area contributed by atoms with Gasteiger partial charge in [-0.1, -0.05) is 5.92 Å². The molecule has 0 heterocycles. The van der Waals surface area contributed by atoms with Gasteiger partial charge < -0.3 is 0 Å². The third kappa shape index (κ3) is 6.23. The summed E-state index contributed by atoms with van der Waals surface area (Å²) in [5.74, 6) is 0.179. The van der Waals surface area contributed by atoms with Gasteiger partial charge in [0.05, 0.1) is 11.5 Å². The molecule has 0 unspecified atom stereocenters. The van der Waals surface area contributed by atoms with Gasteiger partial charge in [-0.2, -0.15) is 21.6 Å². The second-order valence-electron chi connectivity index (χ2n) is 3.20. The molecule has 0 aliphatic heterocycles. The quantitative estimate of drug-likeness (QED) is 0.393. The average molecular weight is 308 g/mol. The van der Waals surface area contributed by atoms with E-state index in [9.17, 15) is 30.0 Å². The summed E-state index contributed by atoms with van der Waals surface area (Å²) in [5.41, 5.74) is -5.31. The van der Waals surface area contributed by atoms with Crippen molar-refractivity contribution in [3.05, 3.63) is 0 Å². The van der Waals surface area contributed by atoms with E-state index < -0.39 is 50.0 Å². The molecule has 0 rings (SSSR count). The van der Waals surface area contributed by atoms with Crippen LogP contribution in [0.3, 0.4) is 0 Å². The average Bonchev–Trinajstić information content (AvgIpc) is 2.20. The van der Waals surface area contributed by atoms with E-state index >= 15 is 0 Å². The first-order valence-corrected chi connectivity index (χ1v) is 7.84. The number of alkyl halides is 3. The number of hydrogen-bond acceptors (Lipinski definition) is 5. The van der Waals surface area contributed by atoms with Crippen LogP contribution in [0.1, 0.15) is 12.8 Å². The van der Waals surface area contributed by atoms with E-state index in [1.165, 1.54) is 0 Å². The van der Waals surface area contributed by atoms with Crippen LogP contribution in [-0.4, -0.2) is 40.5 Å². The zero-order valence-corrected chi connectivity index (χ0v) is 10.7. The predicted octanol–water partition coefficient (Wildman–Crippen LogP) is 0.681. The lowest BCUT2D eigenvalue weighted by Gasteiger charge is -2.07. The fourth-order valence-electron chi connectivity index (χ4n) is 0.869. The number of sulfone groups is 1. The summed E-state index contributed by atoms with van der Waals surface area (Å²) in [6, 6.07) is 0. The Labute approximate surface area is 103 Å². The molecule has 0 aliphatic carbocycles. The van der Waals surface area contributed by atoms with Crippen LogP contribution in [0.2, 0.25) is 0 Å². The molecule has 0 saturated carbocycles. The number of halogens is 3. The summed E-state index contributed by atoms with van der Waals surface area (Å²) in [7, 11) is -9.12. The molecule has 0 amide bonds.